The first-order chi connectivity index (χ1) is 11.6. The van der Waals surface area contributed by atoms with Gasteiger partial charge in [-0.1, -0.05) is 0 Å². The summed E-state index contributed by atoms with van der Waals surface area (Å²) in [5.41, 5.74) is 4.58. The first kappa shape index (κ1) is 16.5. The third kappa shape index (κ3) is 3.42. The maximum atomic E-state index is 12.5. The fourth-order valence-electron chi connectivity index (χ4n) is 3.34. The number of anilines is 1. The van der Waals surface area contributed by atoms with Crippen LogP contribution in [0.4, 0.5) is 5.69 Å². The molecular formula is C18H25N5O. The highest BCUT2D eigenvalue weighted by atomic mass is 16.2. The Morgan fingerprint density at radius 3 is 2.38 bits per heavy atom. The van der Waals surface area contributed by atoms with Crippen molar-refractivity contribution in [2.24, 2.45) is 7.05 Å². The fraction of sp³-hybridized carbons (Fsp3) is 0.500. The van der Waals surface area contributed by atoms with Crippen molar-refractivity contribution < 1.29 is 4.79 Å². The van der Waals surface area contributed by atoms with Crippen LogP contribution in [-0.2, 0) is 18.3 Å². The van der Waals surface area contributed by atoms with E-state index in [1.165, 1.54) is 11.3 Å². The molecule has 1 fully saturated rings. The SMILES string of the molecule is Cc1nn(C)c(C)c1CCC(=O)N1CCN(c2ccncc2)CC1. The molecule has 0 spiro atoms. The highest BCUT2D eigenvalue weighted by Gasteiger charge is 2.21. The van der Waals surface area contributed by atoms with Crippen LogP contribution in [0.25, 0.3) is 0 Å². The van der Waals surface area contributed by atoms with E-state index in [-0.39, 0.29) is 5.91 Å². The predicted molar refractivity (Wildman–Crippen MR) is 94.0 cm³/mol. The quantitative estimate of drug-likeness (QED) is 0.858. The second-order valence-electron chi connectivity index (χ2n) is 6.35. The van der Waals surface area contributed by atoms with Gasteiger partial charge in [0.1, 0.15) is 0 Å². The largest absolute Gasteiger partial charge is 0.368 e. The van der Waals surface area contributed by atoms with Gasteiger partial charge < -0.3 is 9.80 Å². The van der Waals surface area contributed by atoms with Crippen LogP contribution >= 0.6 is 0 Å². The summed E-state index contributed by atoms with van der Waals surface area (Å²) in [5.74, 6) is 0.243. The van der Waals surface area contributed by atoms with E-state index in [0.717, 1.165) is 44.0 Å². The molecule has 0 aromatic carbocycles. The van der Waals surface area contributed by atoms with E-state index in [1.54, 1.807) is 0 Å². The lowest BCUT2D eigenvalue weighted by Crippen LogP contribution is -2.48. The number of hydrogen-bond acceptors (Lipinski definition) is 4. The Balaban J connectivity index is 1.52. The number of pyridine rings is 1. The molecule has 1 aliphatic rings. The number of aromatic nitrogens is 3. The Bertz CT molecular complexity index is 702. The van der Waals surface area contributed by atoms with Gasteiger partial charge in [0.15, 0.2) is 0 Å². The van der Waals surface area contributed by atoms with Crippen LogP contribution < -0.4 is 4.90 Å². The molecule has 0 bridgehead atoms. The van der Waals surface area contributed by atoms with Gasteiger partial charge in [0.2, 0.25) is 5.91 Å². The molecule has 24 heavy (non-hydrogen) atoms. The summed E-state index contributed by atoms with van der Waals surface area (Å²) in [4.78, 5) is 20.9. The molecule has 0 atom stereocenters. The summed E-state index contributed by atoms with van der Waals surface area (Å²) in [7, 11) is 1.95. The lowest BCUT2D eigenvalue weighted by Gasteiger charge is -2.36. The minimum Gasteiger partial charge on any atom is -0.368 e. The van der Waals surface area contributed by atoms with Crippen LogP contribution in [0.5, 0.6) is 0 Å². The Labute approximate surface area is 143 Å². The third-order valence-electron chi connectivity index (χ3n) is 4.91. The summed E-state index contributed by atoms with van der Waals surface area (Å²) in [6.45, 7) is 7.40. The van der Waals surface area contributed by atoms with Crippen molar-refractivity contribution in [1.29, 1.82) is 0 Å². The number of nitrogens with zero attached hydrogens (tertiary/aromatic N) is 5. The molecule has 2 aromatic heterocycles. The van der Waals surface area contributed by atoms with E-state index in [2.05, 4.69) is 21.9 Å². The molecule has 2 aromatic rings. The van der Waals surface area contributed by atoms with E-state index < -0.39 is 0 Å². The second-order valence-corrected chi connectivity index (χ2v) is 6.35. The van der Waals surface area contributed by atoms with E-state index in [1.807, 2.05) is 48.1 Å². The standard InChI is InChI=1S/C18H25N5O/c1-14-17(15(2)21(3)20-14)4-5-18(24)23-12-10-22(11-13-23)16-6-8-19-9-7-16/h6-9H,4-5,10-13H2,1-3H3. The zero-order valence-electron chi connectivity index (χ0n) is 14.7. The molecule has 0 saturated carbocycles. The molecule has 6 heteroatoms. The van der Waals surface area contributed by atoms with Gasteiger partial charge in [-0.2, -0.15) is 5.10 Å². The number of carbonyl (C=O) groups is 1. The number of amides is 1. The van der Waals surface area contributed by atoms with Gasteiger partial charge in [0.25, 0.3) is 0 Å². The average molecular weight is 327 g/mol. The van der Waals surface area contributed by atoms with Crippen LogP contribution in [0.15, 0.2) is 24.5 Å². The Morgan fingerprint density at radius 1 is 1.12 bits per heavy atom. The van der Waals surface area contributed by atoms with Crippen LogP contribution in [0.2, 0.25) is 0 Å². The van der Waals surface area contributed by atoms with Gasteiger partial charge in [-0.25, -0.2) is 0 Å². The fourth-order valence-corrected chi connectivity index (χ4v) is 3.34. The monoisotopic (exact) mass is 327 g/mol. The summed E-state index contributed by atoms with van der Waals surface area (Å²) in [6.07, 6.45) is 4.95. The predicted octanol–water partition coefficient (Wildman–Crippen LogP) is 1.71. The number of piperazine rings is 1. The lowest BCUT2D eigenvalue weighted by molar-refractivity contribution is -0.131. The van der Waals surface area contributed by atoms with Crippen LogP contribution in [0.3, 0.4) is 0 Å². The summed E-state index contributed by atoms with van der Waals surface area (Å²) in [6, 6.07) is 4.04. The van der Waals surface area contributed by atoms with Gasteiger partial charge >= 0.3 is 0 Å². The van der Waals surface area contributed by atoms with E-state index in [4.69, 9.17) is 0 Å². The van der Waals surface area contributed by atoms with Crippen molar-refractivity contribution in [2.45, 2.75) is 26.7 Å². The highest BCUT2D eigenvalue weighted by Crippen LogP contribution is 2.17. The molecule has 3 rings (SSSR count). The second kappa shape index (κ2) is 7.03. The zero-order valence-corrected chi connectivity index (χ0v) is 14.7. The molecule has 3 heterocycles. The van der Waals surface area contributed by atoms with Crippen molar-refractivity contribution in [2.75, 3.05) is 31.1 Å². The van der Waals surface area contributed by atoms with Gasteiger partial charge in [-0.05, 0) is 38.0 Å². The molecule has 1 amide bonds. The van der Waals surface area contributed by atoms with Crippen molar-refractivity contribution in [1.82, 2.24) is 19.7 Å². The van der Waals surface area contributed by atoms with Crippen LogP contribution in [0, 0.1) is 13.8 Å². The van der Waals surface area contributed by atoms with Gasteiger partial charge in [0.05, 0.1) is 5.69 Å². The number of carbonyl (C=O) groups excluding carboxylic acids is 1. The van der Waals surface area contributed by atoms with E-state index >= 15 is 0 Å². The number of rotatable bonds is 4. The molecule has 0 aliphatic carbocycles. The summed E-state index contributed by atoms with van der Waals surface area (Å²) < 4.78 is 1.89. The molecular weight excluding hydrogens is 302 g/mol. The Hall–Kier alpha value is -2.37. The minimum atomic E-state index is 0.243. The summed E-state index contributed by atoms with van der Waals surface area (Å²) in [5, 5.41) is 4.42. The molecule has 1 saturated heterocycles. The number of hydrogen-bond donors (Lipinski definition) is 0. The van der Waals surface area contributed by atoms with Crippen molar-refractivity contribution >= 4 is 11.6 Å². The molecule has 0 unspecified atom stereocenters. The zero-order chi connectivity index (χ0) is 17.1. The summed E-state index contributed by atoms with van der Waals surface area (Å²) >= 11 is 0. The van der Waals surface area contributed by atoms with Crippen LogP contribution in [-0.4, -0.2) is 51.8 Å². The lowest BCUT2D eigenvalue weighted by atomic mass is 10.1. The maximum absolute atomic E-state index is 12.5. The molecule has 1 aliphatic heterocycles. The topological polar surface area (TPSA) is 54.3 Å². The smallest absolute Gasteiger partial charge is 0.223 e. The highest BCUT2D eigenvalue weighted by molar-refractivity contribution is 5.77. The third-order valence-corrected chi connectivity index (χ3v) is 4.91. The van der Waals surface area contributed by atoms with E-state index in [0.29, 0.717) is 6.42 Å². The number of aryl methyl sites for hydroxylation is 2. The first-order valence-corrected chi connectivity index (χ1v) is 8.48. The average Bonchev–Trinajstić information content (AvgIpc) is 2.86. The first-order valence-electron chi connectivity index (χ1n) is 8.48. The van der Waals surface area contributed by atoms with Gasteiger partial charge in [0, 0.05) is 63.4 Å². The van der Waals surface area contributed by atoms with Crippen molar-refractivity contribution in [3.63, 3.8) is 0 Å². The van der Waals surface area contributed by atoms with Crippen molar-refractivity contribution in [3.05, 3.63) is 41.5 Å². The van der Waals surface area contributed by atoms with Gasteiger partial charge in [-0.3, -0.25) is 14.5 Å². The van der Waals surface area contributed by atoms with E-state index in [9.17, 15) is 4.79 Å². The molecule has 0 N–H and O–H groups in total. The molecule has 128 valence electrons. The van der Waals surface area contributed by atoms with Crippen LogP contribution in [0.1, 0.15) is 23.4 Å². The molecule has 6 nitrogen and oxygen atoms in total. The normalized spacial score (nSPS) is 15.0. The Kier molecular flexibility index (Phi) is 4.83. The molecule has 0 radical (unpaired) electrons. The Morgan fingerprint density at radius 2 is 1.79 bits per heavy atom. The minimum absolute atomic E-state index is 0.243. The van der Waals surface area contributed by atoms with Gasteiger partial charge in [-0.15, -0.1) is 0 Å². The van der Waals surface area contributed by atoms with Crippen molar-refractivity contribution in [3.8, 4) is 0 Å². The maximum Gasteiger partial charge on any atom is 0.223 e.